The number of nitriles is 1. The van der Waals surface area contributed by atoms with Crippen molar-refractivity contribution in [2.75, 3.05) is 36.8 Å². The van der Waals surface area contributed by atoms with Gasteiger partial charge in [-0.3, -0.25) is 14.6 Å². The van der Waals surface area contributed by atoms with Gasteiger partial charge in [0.1, 0.15) is 11.0 Å². The normalized spacial score (nSPS) is 15.8. The number of halogens is 1. The van der Waals surface area contributed by atoms with Crippen molar-refractivity contribution in [1.82, 2.24) is 24.8 Å². The first-order chi connectivity index (χ1) is 17.6. The van der Waals surface area contributed by atoms with E-state index in [1.807, 2.05) is 24.0 Å². The predicted octanol–water partition coefficient (Wildman–Crippen LogP) is 4.03. The molecular weight excluding hydrogens is 510 g/mol. The summed E-state index contributed by atoms with van der Waals surface area (Å²) < 4.78 is 0. The largest absolute Gasteiger partial charge is 0.353 e. The second-order valence-electron chi connectivity index (χ2n) is 10.3. The fourth-order valence-corrected chi connectivity index (χ4v) is 5.09. The molecule has 1 aliphatic heterocycles. The van der Waals surface area contributed by atoms with Gasteiger partial charge < -0.3 is 14.7 Å². The zero-order valence-corrected chi connectivity index (χ0v) is 23.4. The van der Waals surface area contributed by atoms with Crippen LogP contribution in [0.4, 0.5) is 5.82 Å². The summed E-state index contributed by atoms with van der Waals surface area (Å²) in [4.78, 5) is 44.5. The van der Waals surface area contributed by atoms with Crippen molar-refractivity contribution in [2.24, 2.45) is 5.41 Å². The fraction of sp³-hybridized carbons (Fsp3) is 0.538. The first-order valence-electron chi connectivity index (χ1n) is 12.3. The number of nitrogens with zero attached hydrogens (tertiary/aromatic N) is 7. The number of carbonyl (C=O) groups excluding carboxylic acids is 2. The van der Waals surface area contributed by atoms with E-state index in [4.69, 9.17) is 16.9 Å². The second kappa shape index (κ2) is 13.1. The van der Waals surface area contributed by atoms with E-state index in [1.54, 1.807) is 23.4 Å². The van der Waals surface area contributed by atoms with Crippen molar-refractivity contribution in [3.63, 3.8) is 0 Å². The molecule has 3 rings (SSSR count). The molecule has 3 heterocycles. The highest BCUT2D eigenvalue weighted by Crippen LogP contribution is 2.26. The molecule has 0 aromatic carbocycles. The molecule has 11 heteroatoms. The number of pyridine rings is 1. The molecule has 2 amide bonds. The minimum absolute atomic E-state index is 0.0381. The van der Waals surface area contributed by atoms with Crippen molar-refractivity contribution >= 4 is 41.0 Å². The summed E-state index contributed by atoms with van der Waals surface area (Å²) in [5.74, 6) is 0.856. The molecule has 0 spiro atoms. The van der Waals surface area contributed by atoms with E-state index < -0.39 is 0 Å². The maximum atomic E-state index is 13.0. The van der Waals surface area contributed by atoms with Crippen LogP contribution < -0.4 is 4.90 Å². The number of hydrogen-bond donors (Lipinski definition) is 0. The average molecular weight is 544 g/mol. The first kappa shape index (κ1) is 28.7. The summed E-state index contributed by atoms with van der Waals surface area (Å²) in [5.41, 5.74) is 0.842. The number of amides is 2. The van der Waals surface area contributed by atoms with Crippen molar-refractivity contribution in [1.29, 1.82) is 5.26 Å². The molecular formula is C26H34ClN7O2S. The lowest BCUT2D eigenvalue weighted by molar-refractivity contribution is -0.135. The molecule has 2 aromatic heterocycles. The van der Waals surface area contributed by atoms with Gasteiger partial charge in [-0.05, 0) is 24.0 Å². The number of anilines is 1. The Bertz CT molecular complexity index is 1120. The number of aromatic nitrogens is 3. The van der Waals surface area contributed by atoms with Crippen molar-refractivity contribution in [2.45, 2.75) is 58.3 Å². The Hall–Kier alpha value is -2.90. The van der Waals surface area contributed by atoms with Crippen LogP contribution in [0, 0.1) is 16.7 Å². The van der Waals surface area contributed by atoms with E-state index in [-0.39, 0.29) is 35.4 Å². The molecule has 1 unspecified atom stereocenters. The Balaban J connectivity index is 1.63. The van der Waals surface area contributed by atoms with E-state index >= 15 is 0 Å². The van der Waals surface area contributed by atoms with Crippen LogP contribution in [0.2, 0.25) is 5.15 Å². The third kappa shape index (κ3) is 8.86. The van der Waals surface area contributed by atoms with Gasteiger partial charge in [0.05, 0.1) is 18.2 Å². The zero-order valence-electron chi connectivity index (χ0n) is 21.9. The van der Waals surface area contributed by atoms with Gasteiger partial charge in [-0.25, -0.2) is 9.97 Å². The molecule has 1 fully saturated rings. The molecule has 1 saturated heterocycles. The highest BCUT2D eigenvalue weighted by atomic mass is 35.5. The molecule has 2 aromatic rings. The molecule has 0 N–H and O–H groups in total. The van der Waals surface area contributed by atoms with Crippen LogP contribution in [0.25, 0.3) is 0 Å². The summed E-state index contributed by atoms with van der Waals surface area (Å²) in [5, 5.41) is 9.72. The monoisotopic (exact) mass is 543 g/mol. The van der Waals surface area contributed by atoms with Crippen molar-refractivity contribution in [3.8, 4) is 6.07 Å². The molecule has 198 valence electrons. The van der Waals surface area contributed by atoms with Gasteiger partial charge in [0.2, 0.25) is 11.8 Å². The zero-order chi connectivity index (χ0) is 27.0. The number of piperazine rings is 1. The van der Waals surface area contributed by atoms with Crippen LogP contribution in [0.1, 0.15) is 46.1 Å². The molecule has 1 atom stereocenters. The highest BCUT2D eigenvalue weighted by Gasteiger charge is 2.30. The van der Waals surface area contributed by atoms with Crippen LogP contribution in [-0.2, 0) is 16.1 Å². The molecule has 0 radical (unpaired) electrons. The highest BCUT2D eigenvalue weighted by molar-refractivity contribution is 7.99. The van der Waals surface area contributed by atoms with E-state index in [0.29, 0.717) is 55.3 Å². The summed E-state index contributed by atoms with van der Waals surface area (Å²) >= 11 is 7.54. The minimum atomic E-state index is -0.117. The molecule has 1 aliphatic rings. The summed E-state index contributed by atoms with van der Waals surface area (Å²) in [7, 11) is 0. The van der Waals surface area contributed by atoms with Gasteiger partial charge >= 0.3 is 0 Å². The third-order valence-corrected chi connectivity index (χ3v) is 6.91. The van der Waals surface area contributed by atoms with Gasteiger partial charge in [0.25, 0.3) is 0 Å². The summed E-state index contributed by atoms with van der Waals surface area (Å²) in [6, 6.07) is 7.57. The molecule has 37 heavy (non-hydrogen) atoms. The third-order valence-electron chi connectivity index (χ3n) is 5.88. The number of thioether (sulfide) groups is 1. The second-order valence-corrected chi connectivity index (χ2v) is 11.7. The lowest BCUT2D eigenvalue weighted by atomic mass is 9.91. The van der Waals surface area contributed by atoms with E-state index in [0.717, 1.165) is 5.56 Å². The topological polar surface area (TPSA) is 106 Å². The Morgan fingerprint density at radius 3 is 2.73 bits per heavy atom. The maximum absolute atomic E-state index is 13.0. The Morgan fingerprint density at radius 2 is 2.08 bits per heavy atom. The lowest BCUT2D eigenvalue weighted by Crippen LogP contribution is -2.54. The standard InChI is InChI=1S/C26H34ClN7O2S/c1-19-16-32(11-12-34(19)23(35)14-26(2,3)4)22-13-21(27)30-25(31-22)37-18-24(36)33(10-6-8-28)17-20-7-5-9-29-15-20/h5,7,9,13,15,19H,6,10-12,14,16-18H2,1-4H3. The Morgan fingerprint density at radius 1 is 1.30 bits per heavy atom. The summed E-state index contributed by atoms with van der Waals surface area (Å²) in [6.07, 6.45) is 4.15. The van der Waals surface area contributed by atoms with Gasteiger partial charge in [0, 0.05) is 63.6 Å². The van der Waals surface area contributed by atoms with E-state index in [2.05, 4.69) is 46.7 Å². The van der Waals surface area contributed by atoms with Crippen molar-refractivity contribution in [3.05, 3.63) is 41.3 Å². The van der Waals surface area contributed by atoms with Gasteiger partial charge in [-0.2, -0.15) is 5.26 Å². The number of rotatable bonds is 9. The molecule has 0 bridgehead atoms. The van der Waals surface area contributed by atoms with Crippen molar-refractivity contribution < 1.29 is 9.59 Å². The van der Waals surface area contributed by atoms with Crippen LogP contribution in [0.15, 0.2) is 35.7 Å². The number of hydrogen-bond acceptors (Lipinski definition) is 8. The fourth-order valence-electron chi connectivity index (χ4n) is 4.11. The maximum Gasteiger partial charge on any atom is 0.233 e. The SMILES string of the molecule is CC1CN(c2cc(Cl)nc(SCC(=O)N(CCC#N)Cc3cccnc3)n2)CCN1C(=O)CC(C)(C)C. The lowest BCUT2D eigenvalue weighted by Gasteiger charge is -2.41. The summed E-state index contributed by atoms with van der Waals surface area (Å²) in [6.45, 7) is 10.9. The number of carbonyl (C=O) groups is 2. The predicted molar refractivity (Wildman–Crippen MR) is 145 cm³/mol. The Kier molecular flexibility index (Phi) is 10.1. The minimum Gasteiger partial charge on any atom is -0.353 e. The van der Waals surface area contributed by atoms with Gasteiger partial charge in [0.15, 0.2) is 5.16 Å². The average Bonchev–Trinajstić information content (AvgIpc) is 2.84. The quantitative estimate of drug-likeness (QED) is 0.265. The Labute approximate surface area is 228 Å². The van der Waals surface area contributed by atoms with Gasteiger partial charge in [-0.1, -0.05) is 50.2 Å². The molecule has 0 saturated carbocycles. The van der Waals surface area contributed by atoms with Crippen LogP contribution in [-0.4, -0.2) is 74.5 Å². The van der Waals surface area contributed by atoms with E-state index in [9.17, 15) is 9.59 Å². The van der Waals surface area contributed by atoms with Crippen LogP contribution >= 0.6 is 23.4 Å². The van der Waals surface area contributed by atoms with Crippen LogP contribution in [0.3, 0.4) is 0 Å². The molecule has 9 nitrogen and oxygen atoms in total. The smallest absolute Gasteiger partial charge is 0.233 e. The van der Waals surface area contributed by atoms with Gasteiger partial charge in [-0.15, -0.1) is 0 Å². The first-order valence-corrected chi connectivity index (χ1v) is 13.7. The van der Waals surface area contributed by atoms with E-state index in [1.165, 1.54) is 11.8 Å². The van der Waals surface area contributed by atoms with Crippen LogP contribution in [0.5, 0.6) is 0 Å². The molecule has 0 aliphatic carbocycles.